The first-order valence-electron chi connectivity index (χ1n) is 8.97. The molecule has 1 saturated heterocycles. The smallest absolute Gasteiger partial charge is 0.463 e. The van der Waals surface area contributed by atoms with Crippen LogP contribution in [-0.2, 0) is 19.1 Å². The van der Waals surface area contributed by atoms with Crippen molar-refractivity contribution in [3.63, 3.8) is 0 Å². The molecule has 15 heteroatoms. The zero-order valence-corrected chi connectivity index (χ0v) is 15.8. The molecule has 2 heterocycles. The summed E-state index contributed by atoms with van der Waals surface area (Å²) >= 11 is 0. The van der Waals surface area contributed by atoms with E-state index in [4.69, 9.17) is 14.6 Å². The maximum absolute atomic E-state index is 13.5. The van der Waals surface area contributed by atoms with Gasteiger partial charge in [-0.3, -0.25) is 9.69 Å². The summed E-state index contributed by atoms with van der Waals surface area (Å²) in [4.78, 5) is 24.7. The Bertz CT molecular complexity index is 698. The monoisotopic (exact) mass is 464 g/mol. The molecule has 0 aromatic heterocycles. The van der Waals surface area contributed by atoms with Gasteiger partial charge in [0, 0.05) is 13.1 Å². The zero-order valence-electron chi connectivity index (χ0n) is 15.8. The average molecular weight is 464 g/mol. The first-order chi connectivity index (χ1) is 14.3. The molecule has 0 aliphatic carbocycles. The second-order valence-electron chi connectivity index (χ2n) is 6.87. The van der Waals surface area contributed by atoms with E-state index in [0.717, 1.165) is 6.08 Å². The van der Waals surface area contributed by atoms with E-state index < -0.39 is 66.7 Å². The Balaban J connectivity index is 2.47. The fourth-order valence-electron chi connectivity index (χ4n) is 3.19. The topological polar surface area (TPSA) is 149 Å². The number of aliphatic carboxylic acids is 1. The molecular weight excluding hydrogens is 443 g/mol. The summed E-state index contributed by atoms with van der Waals surface area (Å²) in [5.74, 6) is -11.0. The number of ether oxygens (including phenoxy) is 2. The molecular formula is C16H21F5N2O8. The van der Waals surface area contributed by atoms with Gasteiger partial charge in [0.2, 0.25) is 5.76 Å². The van der Waals surface area contributed by atoms with Crippen molar-refractivity contribution in [3.8, 4) is 0 Å². The maximum Gasteiger partial charge on any atom is 0.463 e. The first kappa shape index (κ1) is 25.2. The van der Waals surface area contributed by atoms with Gasteiger partial charge in [0.25, 0.3) is 0 Å². The number of rotatable bonds is 7. The number of aliphatic hydroxyl groups excluding tert-OH is 3. The fraction of sp³-hybridized carbons (Fsp3) is 0.750. The number of halogens is 5. The Morgan fingerprint density at radius 2 is 1.77 bits per heavy atom. The van der Waals surface area contributed by atoms with Crippen LogP contribution in [0.2, 0.25) is 0 Å². The van der Waals surface area contributed by atoms with Gasteiger partial charge in [-0.05, 0) is 6.08 Å². The number of hydrogen-bond donors (Lipinski definition) is 5. The maximum atomic E-state index is 13.5. The SMILES string of the molecule is O=C(O)C1=C[C@H](N2CCOCC2)[C@@H](NC(=O)C(F)(F)C(F)(F)F)[C@H]([C@H](O)[C@H](O)CO)O1. The van der Waals surface area contributed by atoms with Crippen LogP contribution in [0.4, 0.5) is 22.0 Å². The van der Waals surface area contributed by atoms with Crippen molar-refractivity contribution in [2.75, 3.05) is 32.9 Å². The van der Waals surface area contributed by atoms with E-state index in [1.165, 1.54) is 10.2 Å². The van der Waals surface area contributed by atoms with Crippen molar-refractivity contribution in [1.29, 1.82) is 0 Å². The number of hydrogen-bond acceptors (Lipinski definition) is 8. The molecule has 0 radical (unpaired) electrons. The van der Waals surface area contributed by atoms with Crippen molar-refractivity contribution >= 4 is 11.9 Å². The number of aliphatic hydroxyl groups is 3. The van der Waals surface area contributed by atoms with Crippen LogP contribution in [0.25, 0.3) is 0 Å². The van der Waals surface area contributed by atoms with Gasteiger partial charge >= 0.3 is 24.0 Å². The minimum Gasteiger partial charge on any atom is -0.478 e. The third-order valence-corrected chi connectivity index (χ3v) is 4.84. The molecule has 0 aromatic carbocycles. The molecule has 5 atom stereocenters. The van der Waals surface area contributed by atoms with E-state index in [9.17, 15) is 46.9 Å². The highest BCUT2D eigenvalue weighted by atomic mass is 19.4. The number of morpholine rings is 1. The van der Waals surface area contributed by atoms with Crippen LogP contribution in [0, 0.1) is 0 Å². The van der Waals surface area contributed by atoms with Gasteiger partial charge in [-0.2, -0.15) is 22.0 Å². The highest BCUT2D eigenvalue weighted by Crippen LogP contribution is 2.36. The van der Waals surface area contributed by atoms with Gasteiger partial charge < -0.3 is 35.2 Å². The standard InChI is InChI=1S/C16H21F5N2O8/c17-15(18,16(19,20)21)14(29)22-10-7(23-1-3-30-4-2-23)5-9(13(27)28)31-12(10)11(26)8(25)6-24/h5,7-8,10-12,24-26H,1-4,6H2,(H,22,29)(H,27,28)/t7-,8+,10+,11+,12+/m0/s1. The van der Waals surface area contributed by atoms with Crippen LogP contribution in [-0.4, -0.2) is 113 Å². The van der Waals surface area contributed by atoms with Crippen molar-refractivity contribution in [1.82, 2.24) is 10.2 Å². The summed E-state index contributed by atoms with van der Waals surface area (Å²) in [6, 6.07) is -3.17. The summed E-state index contributed by atoms with van der Waals surface area (Å²) in [6.07, 6.45) is -11.5. The van der Waals surface area contributed by atoms with Gasteiger partial charge in [0.1, 0.15) is 18.3 Å². The average Bonchev–Trinajstić information content (AvgIpc) is 2.72. The summed E-state index contributed by atoms with van der Waals surface area (Å²) in [5, 5.41) is 39.8. The largest absolute Gasteiger partial charge is 0.478 e. The van der Waals surface area contributed by atoms with E-state index in [1.807, 2.05) is 0 Å². The van der Waals surface area contributed by atoms with Crippen LogP contribution in [0.15, 0.2) is 11.8 Å². The van der Waals surface area contributed by atoms with Crippen LogP contribution in [0.1, 0.15) is 0 Å². The lowest BCUT2D eigenvalue weighted by Gasteiger charge is -2.45. The highest BCUT2D eigenvalue weighted by molar-refractivity contribution is 5.86. The molecule has 0 bridgehead atoms. The quantitative estimate of drug-likeness (QED) is 0.283. The molecule has 0 saturated carbocycles. The number of amides is 1. The van der Waals surface area contributed by atoms with E-state index in [0.29, 0.717) is 0 Å². The molecule has 0 unspecified atom stereocenters. The molecule has 0 spiro atoms. The Labute approximate surface area is 171 Å². The molecule has 5 N–H and O–H groups in total. The number of alkyl halides is 5. The third-order valence-electron chi connectivity index (χ3n) is 4.84. The predicted molar refractivity (Wildman–Crippen MR) is 88.8 cm³/mol. The molecule has 2 rings (SSSR count). The lowest BCUT2D eigenvalue weighted by Crippen LogP contribution is -2.67. The van der Waals surface area contributed by atoms with Crippen molar-refractivity contribution in [2.45, 2.75) is 42.5 Å². The number of nitrogens with one attached hydrogen (secondary N) is 1. The molecule has 1 fully saturated rings. The summed E-state index contributed by atoms with van der Waals surface area (Å²) in [6.45, 7) is -0.684. The molecule has 1 amide bonds. The first-order valence-corrected chi connectivity index (χ1v) is 8.97. The second-order valence-corrected chi connectivity index (χ2v) is 6.87. The summed E-state index contributed by atoms with van der Waals surface area (Å²) in [5.41, 5.74) is 0. The number of carbonyl (C=O) groups excluding carboxylic acids is 1. The number of nitrogens with zero attached hydrogens (tertiary/aromatic N) is 1. The molecule has 2 aliphatic heterocycles. The Hall–Kier alpha value is -2.07. The Morgan fingerprint density at radius 3 is 2.26 bits per heavy atom. The minimum atomic E-state index is -6.22. The molecule has 10 nitrogen and oxygen atoms in total. The van der Waals surface area contributed by atoms with E-state index in [2.05, 4.69) is 0 Å². The van der Waals surface area contributed by atoms with E-state index in [1.54, 1.807) is 0 Å². The van der Waals surface area contributed by atoms with Crippen molar-refractivity contribution in [2.24, 2.45) is 0 Å². The van der Waals surface area contributed by atoms with Gasteiger partial charge in [-0.1, -0.05) is 0 Å². The number of carboxylic acids is 1. The zero-order chi connectivity index (χ0) is 23.6. The van der Waals surface area contributed by atoms with E-state index >= 15 is 0 Å². The van der Waals surface area contributed by atoms with Crippen LogP contribution < -0.4 is 5.32 Å². The lowest BCUT2D eigenvalue weighted by atomic mass is 9.90. The van der Waals surface area contributed by atoms with Gasteiger partial charge in [0.15, 0.2) is 0 Å². The number of carboxylic acid groups (broad SMARTS) is 1. The third kappa shape index (κ3) is 5.41. The van der Waals surface area contributed by atoms with Gasteiger partial charge in [0.05, 0.1) is 31.9 Å². The Kier molecular flexibility index (Phi) is 7.80. The number of carbonyl (C=O) groups is 2. The summed E-state index contributed by atoms with van der Waals surface area (Å²) < 4.78 is 75.0. The van der Waals surface area contributed by atoms with Crippen LogP contribution in [0.5, 0.6) is 0 Å². The fourth-order valence-corrected chi connectivity index (χ4v) is 3.19. The van der Waals surface area contributed by atoms with Crippen molar-refractivity contribution < 1.29 is 61.4 Å². The minimum absolute atomic E-state index is 0.0848. The van der Waals surface area contributed by atoms with Gasteiger partial charge in [-0.25, -0.2) is 4.79 Å². The Morgan fingerprint density at radius 1 is 1.19 bits per heavy atom. The molecule has 0 aromatic rings. The predicted octanol–water partition coefficient (Wildman–Crippen LogP) is -1.55. The van der Waals surface area contributed by atoms with E-state index in [-0.39, 0.29) is 26.3 Å². The van der Waals surface area contributed by atoms with Gasteiger partial charge in [-0.15, -0.1) is 0 Å². The van der Waals surface area contributed by atoms with Crippen LogP contribution in [0.3, 0.4) is 0 Å². The molecule has 2 aliphatic rings. The highest BCUT2D eigenvalue weighted by Gasteiger charge is 2.64. The lowest BCUT2D eigenvalue weighted by molar-refractivity contribution is -0.270. The molecule has 31 heavy (non-hydrogen) atoms. The molecule has 178 valence electrons. The summed E-state index contributed by atoms with van der Waals surface area (Å²) in [7, 11) is 0. The normalized spacial score (nSPS) is 27.6. The van der Waals surface area contributed by atoms with Crippen molar-refractivity contribution in [3.05, 3.63) is 11.8 Å². The van der Waals surface area contributed by atoms with Crippen LogP contribution >= 0.6 is 0 Å². The second kappa shape index (κ2) is 9.60.